The molecule has 84 valence electrons. The number of nitriles is 1. The first-order valence-corrected chi connectivity index (χ1v) is 5.02. The second-order valence-electron chi connectivity index (χ2n) is 3.39. The van der Waals surface area contributed by atoms with Gasteiger partial charge in [0.05, 0.1) is 0 Å². The van der Waals surface area contributed by atoms with E-state index in [9.17, 15) is 0 Å². The summed E-state index contributed by atoms with van der Waals surface area (Å²) < 4.78 is 0. The van der Waals surface area contributed by atoms with Gasteiger partial charge in [-0.2, -0.15) is 5.26 Å². The molecule has 5 heteroatoms. The lowest BCUT2D eigenvalue weighted by molar-refractivity contribution is 0.475. The number of anilines is 1. The third kappa shape index (κ3) is 2.69. The molecule has 1 heterocycles. The largest absolute Gasteiger partial charge is 0.508 e. The Morgan fingerprint density at radius 2 is 1.88 bits per heavy atom. The molecule has 5 nitrogen and oxygen atoms in total. The molecule has 0 saturated heterocycles. The molecule has 1 aromatic heterocycles. The number of hydrogen-bond acceptors (Lipinski definition) is 5. The van der Waals surface area contributed by atoms with E-state index in [0.717, 1.165) is 5.56 Å². The Balaban J connectivity index is 2.08. The quantitative estimate of drug-likeness (QED) is 0.831. The maximum Gasteiger partial charge on any atom is 0.182 e. The first-order chi connectivity index (χ1) is 8.29. The first-order valence-electron chi connectivity index (χ1n) is 5.02. The summed E-state index contributed by atoms with van der Waals surface area (Å²) in [5.74, 6) is 0.689. The van der Waals surface area contributed by atoms with Gasteiger partial charge in [-0.1, -0.05) is 12.1 Å². The second kappa shape index (κ2) is 4.94. The molecule has 2 rings (SSSR count). The van der Waals surface area contributed by atoms with E-state index < -0.39 is 0 Å². The van der Waals surface area contributed by atoms with Gasteiger partial charge in [-0.3, -0.25) is 0 Å². The topological polar surface area (TPSA) is 81.8 Å². The Morgan fingerprint density at radius 1 is 1.18 bits per heavy atom. The van der Waals surface area contributed by atoms with Crippen LogP contribution < -0.4 is 5.32 Å². The van der Waals surface area contributed by atoms with Crippen LogP contribution in [0.5, 0.6) is 5.75 Å². The molecular weight excluding hydrogens is 216 g/mol. The molecule has 0 aliphatic carbocycles. The highest BCUT2D eigenvalue weighted by Gasteiger charge is 2.02. The Kier molecular flexibility index (Phi) is 3.17. The molecule has 0 saturated carbocycles. The summed E-state index contributed by atoms with van der Waals surface area (Å²) in [5.41, 5.74) is 1.25. The number of nitrogens with zero attached hydrogens (tertiary/aromatic N) is 3. The van der Waals surface area contributed by atoms with Crippen molar-refractivity contribution in [3.05, 3.63) is 47.9 Å². The lowest BCUT2D eigenvalue weighted by Gasteiger charge is -2.06. The fraction of sp³-hybridized carbons (Fsp3) is 0.0833. The molecule has 2 N–H and O–H groups in total. The van der Waals surface area contributed by atoms with Gasteiger partial charge in [0.1, 0.15) is 11.8 Å². The summed E-state index contributed by atoms with van der Waals surface area (Å²) in [6.45, 7) is 0.521. The van der Waals surface area contributed by atoms with Crippen LogP contribution in [0, 0.1) is 11.3 Å². The minimum atomic E-state index is 0.228. The molecular formula is C12H10N4O. The van der Waals surface area contributed by atoms with Crippen molar-refractivity contribution < 1.29 is 5.11 Å². The summed E-state index contributed by atoms with van der Waals surface area (Å²) in [5, 5.41) is 21.0. The molecule has 0 fully saturated rings. The van der Waals surface area contributed by atoms with Crippen LogP contribution in [-0.4, -0.2) is 15.1 Å². The average molecular weight is 226 g/mol. The molecule has 0 amide bonds. The lowest BCUT2D eigenvalue weighted by atomic mass is 10.2. The molecule has 17 heavy (non-hydrogen) atoms. The third-order valence-corrected chi connectivity index (χ3v) is 2.20. The van der Waals surface area contributed by atoms with Gasteiger partial charge >= 0.3 is 0 Å². The Labute approximate surface area is 98.4 Å². The highest BCUT2D eigenvalue weighted by Crippen LogP contribution is 2.12. The first kappa shape index (κ1) is 10.9. The van der Waals surface area contributed by atoms with Crippen LogP contribution in [0.2, 0.25) is 0 Å². The van der Waals surface area contributed by atoms with Crippen molar-refractivity contribution in [3.63, 3.8) is 0 Å². The van der Waals surface area contributed by atoms with E-state index in [1.165, 1.54) is 12.4 Å². The Bertz CT molecular complexity index is 545. The van der Waals surface area contributed by atoms with Crippen molar-refractivity contribution in [1.29, 1.82) is 5.26 Å². The van der Waals surface area contributed by atoms with E-state index in [2.05, 4.69) is 15.3 Å². The van der Waals surface area contributed by atoms with E-state index >= 15 is 0 Å². The van der Waals surface area contributed by atoms with Gasteiger partial charge in [-0.25, -0.2) is 9.97 Å². The van der Waals surface area contributed by atoms with E-state index in [4.69, 9.17) is 10.4 Å². The van der Waals surface area contributed by atoms with Crippen molar-refractivity contribution in [2.24, 2.45) is 0 Å². The van der Waals surface area contributed by atoms with Crippen LogP contribution in [0.4, 0.5) is 5.82 Å². The molecule has 0 spiro atoms. The van der Waals surface area contributed by atoms with E-state index in [-0.39, 0.29) is 11.4 Å². The van der Waals surface area contributed by atoms with Crippen molar-refractivity contribution in [3.8, 4) is 11.8 Å². The summed E-state index contributed by atoms with van der Waals surface area (Å²) in [6.07, 6.45) is 3.00. The van der Waals surface area contributed by atoms with Crippen LogP contribution in [0.25, 0.3) is 0 Å². The summed E-state index contributed by atoms with van der Waals surface area (Å²) in [7, 11) is 0. The van der Waals surface area contributed by atoms with Crippen LogP contribution in [0.1, 0.15) is 11.3 Å². The van der Waals surface area contributed by atoms with Crippen molar-refractivity contribution in [1.82, 2.24) is 9.97 Å². The van der Waals surface area contributed by atoms with Gasteiger partial charge in [-0.05, 0) is 17.7 Å². The Morgan fingerprint density at radius 3 is 2.59 bits per heavy atom. The monoisotopic (exact) mass is 226 g/mol. The maximum absolute atomic E-state index is 9.14. The summed E-state index contributed by atoms with van der Waals surface area (Å²) >= 11 is 0. The molecule has 1 aromatic carbocycles. The molecule has 0 bridgehead atoms. The van der Waals surface area contributed by atoms with Gasteiger partial charge in [-0.15, -0.1) is 0 Å². The molecule has 0 aliphatic heterocycles. The van der Waals surface area contributed by atoms with Crippen LogP contribution in [0.3, 0.4) is 0 Å². The fourth-order valence-electron chi connectivity index (χ4n) is 1.35. The highest BCUT2D eigenvalue weighted by atomic mass is 16.3. The van der Waals surface area contributed by atoms with Gasteiger partial charge < -0.3 is 10.4 Å². The number of phenols is 1. The van der Waals surface area contributed by atoms with Gasteiger partial charge in [0.15, 0.2) is 11.5 Å². The smallest absolute Gasteiger partial charge is 0.182 e. The number of nitrogens with one attached hydrogen (secondary N) is 1. The number of hydrogen-bond donors (Lipinski definition) is 2. The van der Waals surface area contributed by atoms with Crippen molar-refractivity contribution in [2.45, 2.75) is 6.54 Å². The molecule has 0 radical (unpaired) electrons. The van der Waals surface area contributed by atoms with E-state index in [1.54, 1.807) is 24.3 Å². The predicted octanol–water partition coefficient (Wildman–Crippen LogP) is 1.67. The molecule has 0 aliphatic rings. The highest BCUT2D eigenvalue weighted by molar-refractivity contribution is 5.47. The number of rotatable bonds is 3. The maximum atomic E-state index is 9.14. The predicted molar refractivity (Wildman–Crippen MR) is 62.2 cm³/mol. The van der Waals surface area contributed by atoms with Crippen LogP contribution in [-0.2, 0) is 6.54 Å². The van der Waals surface area contributed by atoms with Crippen molar-refractivity contribution >= 4 is 5.82 Å². The standard InChI is InChI=1S/C12H10N4O/c13-7-11-12(15-6-5-14-11)16-8-9-1-3-10(17)4-2-9/h1-6,17H,8H2,(H,15,16). The normalized spacial score (nSPS) is 9.59. The molecule has 0 unspecified atom stereocenters. The number of aromatic hydroxyl groups is 1. The minimum absolute atomic E-state index is 0.228. The Hall–Kier alpha value is -2.61. The number of benzene rings is 1. The zero-order valence-corrected chi connectivity index (χ0v) is 8.96. The lowest BCUT2D eigenvalue weighted by Crippen LogP contribution is -2.04. The summed E-state index contributed by atoms with van der Waals surface area (Å²) in [6, 6.07) is 8.78. The van der Waals surface area contributed by atoms with E-state index in [0.29, 0.717) is 12.4 Å². The van der Waals surface area contributed by atoms with Crippen LogP contribution in [0.15, 0.2) is 36.7 Å². The van der Waals surface area contributed by atoms with Gasteiger partial charge in [0.25, 0.3) is 0 Å². The number of phenolic OH excluding ortho intramolecular Hbond substituents is 1. The zero-order chi connectivity index (χ0) is 12.1. The van der Waals surface area contributed by atoms with Gasteiger partial charge in [0.2, 0.25) is 0 Å². The molecule has 2 aromatic rings. The zero-order valence-electron chi connectivity index (χ0n) is 8.96. The van der Waals surface area contributed by atoms with E-state index in [1.807, 2.05) is 6.07 Å². The van der Waals surface area contributed by atoms with Crippen molar-refractivity contribution in [2.75, 3.05) is 5.32 Å². The summed E-state index contributed by atoms with van der Waals surface area (Å²) in [4.78, 5) is 7.93. The van der Waals surface area contributed by atoms with Crippen LogP contribution >= 0.6 is 0 Å². The SMILES string of the molecule is N#Cc1nccnc1NCc1ccc(O)cc1. The number of aromatic nitrogens is 2. The molecule has 0 atom stereocenters. The average Bonchev–Trinajstić information content (AvgIpc) is 2.38. The van der Waals surface area contributed by atoms with Gasteiger partial charge in [0, 0.05) is 18.9 Å². The fourth-order valence-corrected chi connectivity index (χ4v) is 1.35. The third-order valence-electron chi connectivity index (χ3n) is 2.20. The minimum Gasteiger partial charge on any atom is -0.508 e. The second-order valence-corrected chi connectivity index (χ2v) is 3.39.